The number of benzene rings is 1. The molecule has 0 aliphatic carbocycles. The number of nitrogens with zero attached hydrogens (tertiary/aromatic N) is 2. The van der Waals surface area contributed by atoms with Crippen LogP contribution in [0.3, 0.4) is 0 Å². The lowest BCUT2D eigenvalue weighted by Crippen LogP contribution is -2.19. The molecule has 7 nitrogen and oxygen atoms in total. The van der Waals surface area contributed by atoms with Crippen molar-refractivity contribution in [3.8, 4) is 5.75 Å². The van der Waals surface area contributed by atoms with E-state index in [2.05, 4.69) is 15.2 Å². The average Bonchev–Trinajstić information content (AvgIpc) is 3.28. The van der Waals surface area contributed by atoms with Gasteiger partial charge < -0.3 is 19.4 Å². The third-order valence-corrected chi connectivity index (χ3v) is 5.56. The van der Waals surface area contributed by atoms with Gasteiger partial charge in [-0.3, -0.25) is 4.79 Å². The Bertz CT molecular complexity index is 1120. The molecule has 0 saturated carbocycles. The summed E-state index contributed by atoms with van der Waals surface area (Å²) in [6.07, 6.45) is 4.54. The fourth-order valence-corrected chi connectivity index (χ4v) is 3.85. The molecule has 1 saturated heterocycles. The van der Waals surface area contributed by atoms with Gasteiger partial charge in [-0.1, -0.05) is 0 Å². The molecule has 0 unspecified atom stereocenters. The van der Waals surface area contributed by atoms with Crippen LogP contribution in [0.1, 0.15) is 30.4 Å². The van der Waals surface area contributed by atoms with Crippen molar-refractivity contribution in [2.24, 2.45) is 0 Å². The van der Waals surface area contributed by atoms with Gasteiger partial charge in [0.05, 0.1) is 19.0 Å². The standard InChI is InChI=1S/C23H25N3O4/c1-15-18-7-6-17(29-2)13-20(18)30-23(28)19(15)8-10-22(27)25-16-5-9-21(24-14-16)26-11-3-4-12-26/h5-7,9,13-14H,3-4,8,10-12H2,1-2H3,(H,25,27). The topological polar surface area (TPSA) is 84.7 Å². The third-order valence-electron chi connectivity index (χ3n) is 5.56. The molecule has 0 radical (unpaired) electrons. The Morgan fingerprint density at radius 3 is 2.73 bits per heavy atom. The Balaban J connectivity index is 1.42. The monoisotopic (exact) mass is 407 g/mol. The Labute approximate surface area is 174 Å². The van der Waals surface area contributed by atoms with E-state index in [9.17, 15) is 9.59 Å². The number of aryl methyl sites for hydroxylation is 1. The first kappa shape index (κ1) is 19.9. The maximum absolute atomic E-state index is 12.4. The third kappa shape index (κ3) is 4.15. The molecule has 3 heterocycles. The van der Waals surface area contributed by atoms with Gasteiger partial charge in [0.1, 0.15) is 17.2 Å². The zero-order chi connectivity index (χ0) is 21.1. The zero-order valence-corrected chi connectivity index (χ0v) is 17.2. The molecule has 2 aromatic heterocycles. The molecule has 0 atom stereocenters. The van der Waals surface area contributed by atoms with E-state index in [-0.39, 0.29) is 12.3 Å². The summed E-state index contributed by atoms with van der Waals surface area (Å²) in [5.74, 6) is 1.40. The molecule has 1 aliphatic heterocycles. The molecule has 1 amide bonds. The van der Waals surface area contributed by atoms with Crippen molar-refractivity contribution in [2.45, 2.75) is 32.6 Å². The van der Waals surface area contributed by atoms with E-state index in [1.54, 1.807) is 19.4 Å². The summed E-state index contributed by atoms with van der Waals surface area (Å²) in [5, 5.41) is 3.69. The fraction of sp³-hybridized carbons (Fsp3) is 0.348. The van der Waals surface area contributed by atoms with Gasteiger partial charge in [-0.2, -0.15) is 0 Å². The van der Waals surface area contributed by atoms with Gasteiger partial charge in [-0.25, -0.2) is 9.78 Å². The number of aromatic nitrogens is 1. The lowest BCUT2D eigenvalue weighted by Gasteiger charge is -2.16. The van der Waals surface area contributed by atoms with E-state index < -0.39 is 5.63 Å². The van der Waals surface area contributed by atoms with Gasteiger partial charge in [-0.15, -0.1) is 0 Å². The summed E-state index contributed by atoms with van der Waals surface area (Å²) >= 11 is 0. The van der Waals surface area contributed by atoms with Gasteiger partial charge >= 0.3 is 5.63 Å². The number of pyridine rings is 1. The van der Waals surface area contributed by atoms with Crippen molar-refractivity contribution in [1.29, 1.82) is 0 Å². The first-order valence-electron chi connectivity index (χ1n) is 10.2. The second-order valence-electron chi connectivity index (χ2n) is 7.50. The number of methoxy groups -OCH3 is 1. The number of carbonyl (C=O) groups is 1. The highest BCUT2D eigenvalue weighted by Gasteiger charge is 2.15. The van der Waals surface area contributed by atoms with Crippen molar-refractivity contribution in [1.82, 2.24) is 4.98 Å². The summed E-state index contributed by atoms with van der Waals surface area (Å²) in [5.41, 5.74) is 2.06. The molecular weight excluding hydrogens is 382 g/mol. The second kappa shape index (κ2) is 8.57. The van der Waals surface area contributed by atoms with E-state index in [4.69, 9.17) is 9.15 Å². The minimum atomic E-state index is -0.419. The van der Waals surface area contributed by atoms with Crippen LogP contribution in [-0.4, -0.2) is 31.1 Å². The summed E-state index contributed by atoms with van der Waals surface area (Å²) in [4.78, 5) is 31.5. The summed E-state index contributed by atoms with van der Waals surface area (Å²) < 4.78 is 10.6. The predicted molar refractivity (Wildman–Crippen MR) is 116 cm³/mol. The largest absolute Gasteiger partial charge is 0.497 e. The van der Waals surface area contributed by atoms with Crippen LogP contribution in [0.2, 0.25) is 0 Å². The summed E-state index contributed by atoms with van der Waals surface area (Å²) in [7, 11) is 1.56. The van der Waals surface area contributed by atoms with Gasteiger partial charge in [0, 0.05) is 36.5 Å². The minimum absolute atomic E-state index is 0.167. The predicted octanol–water partition coefficient (Wildman–Crippen LogP) is 3.68. The molecule has 0 spiro atoms. The molecule has 1 N–H and O–H groups in total. The first-order chi connectivity index (χ1) is 14.5. The zero-order valence-electron chi connectivity index (χ0n) is 17.2. The number of amides is 1. The highest BCUT2D eigenvalue weighted by atomic mass is 16.5. The summed E-state index contributed by atoms with van der Waals surface area (Å²) in [6.45, 7) is 3.93. The van der Waals surface area contributed by atoms with Crippen LogP contribution >= 0.6 is 0 Å². The van der Waals surface area contributed by atoms with Crippen LogP contribution in [0.5, 0.6) is 5.75 Å². The maximum atomic E-state index is 12.4. The van der Waals surface area contributed by atoms with Crippen molar-refractivity contribution in [3.05, 3.63) is 58.1 Å². The number of nitrogens with one attached hydrogen (secondary N) is 1. The number of fused-ring (bicyclic) bond motifs is 1. The van der Waals surface area contributed by atoms with Crippen LogP contribution < -0.4 is 20.6 Å². The van der Waals surface area contributed by atoms with Crippen molar-refractivity contribution >= 4 is 28.4 Å². The maximum Gasteiger partial charge on any atom is 0.339 e. The van der Waals surface area contributed by atoms with Gasteiger partial charge in [0.25, 0.3) is 0 Å². The summed E-state index contributed by atoms with van der Waals surface area (Å²) in [6, 6.07) is 9.17. The minimum Gasteiger partial charge on any atom is -0.497 e. The molecule has 0 bridgehead atoms. The van der Waals surface area contributed by atoms with E-state index >= 15 is 0 Å². The molecule has 156 valence electrons. The number of anilines is 2. The molecule has 7 heteroatoms. The van der Waals surface area contributed by atoms with E-state index in [0.29, 0.717) is 29.0 Å². The number of hydrogen-bond donors (Lipinski definition) is 1. The van der Waals surface area contributed by atoms with Crippen molar-refractivity contribution in [3.63, 3.8) is 0 Å². The van der Waals surface area contributed by atoms with Gasteiger partial charge in [-0.05, 0) is 56.0 Å². The van der Waals surface area contributed by atoms with Crippen molar-refractivity contribution in [2.75, 3.05) is 30.4 Å². The average molecular weight is 407 g/mol. The van der Waals surface area contributed by atoms with Gasteiger partial charge in [0.2, 0.25) is 5.91 Å². The van der Waals surface area contributed by atoms with Crippen molar-refractivity contribution < 1.29 is 13.9 Å². The second-order valence-corrected chi connectivity index (χ2v) is 7.50. The fourth-order valence-electron chi connectivity index (χ4n) is 3.85. The number of carbonyl (C=O) groups excluding carboxylic acids is 1. The smallest absolute Gasteiger partial charge is 0.339 e. The Morgan fingerprint density at radius 2 is 2.03 bits per heavy atom. The number of rotatable bonds is 6. The lowest BCUT2D eigenvalue weighted by atomic mass is 10.0. The van der Waals surface area contributed by atoms with Crippen LogP contribution in [0.4, 0.5) is 11.5 Å². The molecule has 30 heavy (non-hydrogen) atoms. The number of ether oxygens (including phenoxy) is 1. The normalized spacial score (nSPS) is 13.6. The Kier molecular flexibility index (Phi) is 5.70. The van der Waals surface area contributed by atoms with E-state index in [1.165, 1.54) is 12.8 Å². The van der Waals surface area contributed by atoms with Crippen LogP contribution in [0, 0.1) is 6.92 Å². The van der Waals surface area contributed by atoms with Crippen LogP contribution in [-0.2, 0) is 11.2 Å². The highest BCUT2D eigenvalue weighted by Crippen LogP contribution is 2.24. The molecule has 1 aliphatic rings. The molecule has 3 aromatic rings. The number of hydrogen-bond acceptors (Lipinski definition) is 6. The van der Waals surface area contributed by atoms with E-state index in [1.807, 2.05) is 31.2 Å². The Morgan fingerprint density at radius 1 is 1.23 bits per heavy atom. The quantitative estimate of drug-likeness (QED) is 0.628. The molecule has 1 aromatic carbocycles. The highest BCUT2D eigenvalue weighted by molar-refractivity contribution is 5.91. The van der Waals surface area contributed by atoms with Crippen LogP contribution in [0.15, 0.2) is 45.7 Å². The molecule has 1 fully saturated rings. The molecule has 4 rings (SSSR count). The van der Waals surface area contributed by atoms with Crippen LogP contribution in [0.25, 0.3) is 11.0 Å². The molecular formula is C23H25N3O4. The lowest BCUT2D eigenvalue weighted by molar-refractivity contribution is -0.116. The van der Waals surface area contributed by atoms with E-state index in [0.717, 1.165) is 29.9 Å². The Hall–Kier alpha value is -3.35. The first-order valence-corrected chi connectivity index (χ1v) is 10.2. The van der Waals surface area contributed by atoms with Gasteiger partial charge in [0.15, 0.2) is 0 Å². The SMILES string of the molecule is COc1ccc2c(C)c(CCC(=O)Nc3ccc(N4CCCC4)nc3)c(=O)oc2c1.